The summed E-state index contributed by atoms with van der Waals surface area (Å²) < 4.78 is 5.31. The Labute approximate surface area is 160 Å². The van der Waals surface area contributed by atoms with Crippen LogP contribution in [-0.4, -0.2) is 24.3 Å². The van der Waals surface area contributed by atoms with Crippen molar-refractivity contribution >= 4 is 29.1 Å². The number of aryl methyl sites for hydroxylation is 1. The zero-order valence-electron chi connectivity index (χ0n) is 14.9. The first-order chi connectivity index (χ1) is 12.9. The Bertz CT molecular complexity index is 878. The van der Waals surface area contributed by atoms with Crippen molar-refractivity contribution < 1.29 is 19.1 Å². The van der Waals surface area contributed by atoms with Gasteiger partial charge in [0.25, 0.3) is 17.7 Å². The average molecular weight is 387 g/mol. The molecular formula is C19H21N3O4S. The van der Waals surface area contributed by atoms with Crippen LogP contribution in [0.2, 0.25) is 0 Å². The summed E-state index contributed by atoms with van der Waals surface area (Å²) in [4.78, 5) is 37.3. The highest BCUT2D eigenvalue weighted by atomic mass is 32.1. The van der Waals surface area contributed by atoms with Crippen molar-refractivity contribution in [2.75, 3.05) is 6.61 Å². The maximum absolute atomic E-state index is 12.2. The number of fused-ring (bicyclic) bond motifs is 1. The molecule has 3 rings (SSSR count). The Kier molecular flexibility index (Phi) is 5.75. The predicted octanol–water partition coefficient (Wildman–Crippen LogP) is 1.81. The first-order valence-electron chi connectivity index (χ1n) is 8.66. The van der Waals surface area contributed by atoms with E-state index in [1.807, 2.05) is 6.07 Å². The number of nitrogens with two attached hydrogens (primary N) is 1. The van der Waals surface area contributed by atoms with Crippen molar-refractivity contribution in [3.05, 3.63) is 51.2 Å². The lowest BCUT2D eigenvalue weighted by atomic mass is 9.90. The standard InChI is InChI=1S/C19H21N3O4S/c1-11-6-7-15-12(8-11)9-16(27-15)19(25)22-21-17(23)10-26-14-5-3-2-4-13(14)18(20)24/h2-5,9,11H,6-8,10H2,1H3,(H2,20,24)(H,21,23)(H,22,25)/t11-/m0/s1. The Morgan fingerprint density at radius 1 is 1.26 bits per heavy atom. The molecular weight excluding hydrogens is 366 g/mol. The van der Waals surface area contributed by atoms with Gasteiger partial charge in [-0.1, -0.05) is 19.1 Å². The molecule has 4 N–H and O–H groups in total. The minimum absolute atomic E-state index is 0.188. The van der Waals surface area contributed by atoms with Crippen molar-refractivity contribution in [3.8, 4) is 5.75 Å². The van der Waals surface area contributed by atoms with Crippen molar-refractivity contribution in [3.63, 3.8) is 0 Å². The molecule has 1 aromatic heterocycles. The van der Waals surface area contributed by atoms with E-state index in [2.05, 4.69) is 17.8 Å². The van der Waals surface area contributed by atoms with Gasteiger partial charge in [0.1, 0.15) is 5.75 Å². The van der Waals surface area contributed by atoms with Crippen molar-refractivity contribution in [1.29, 1.82) is 0 Å². The molecule has 1 aliphatic rings. The van der Waals surface area contributed by atoms with E-state index in [9.17, 15) is 14.4 Å². The largest absolute Gasteiger partial charge is 0.483 e. The Morgan fingerprint density at radius 3 is 2.81 bits per heavy atom. The van der Waals surface area contributed by atoms with Crippen LogP contribution in [0.25, 0.3) is 0 Å². The molecule has 27 heavy (non-hydrogen) atoms. The number of ether oxygens (including phenoxy) is 1. The summed E-state index contributed by atoms with van der Waals surface area (Å²) in [7, 11) is 0. The summed E-state index contributed by atoms with van der Waals surface area (Å²) in [6.07, 6.45) is 3.11. The fourth-order valence-electron chi connectivity index (χ4n) is 2.98. The minimum Gasteiger partial charge on any atom is -0.483 e. The lowest BCUT2D eigenvalue weighted by Gasteiger charge is -2.16. The quantitative estimate of drug-likeness (QED) is 0.680. The van der Waals surface area contributed by atoms with Crippen LogP contribution in [0.5, 0.6) is 5.75 Å². The van der Waals surface area contributed by atoms with Crippen LogP contribution in [-0.2, 0) is 17.6 Å². The van der Waals surface area contributed by atoms with Gasteiger partial charge in [-0.25, -0.2) is 0 Å². The van der Waals surface area contributed by atoms with Crippen molar-refractivity contribution in [2.24, 2.45) is 11.7 Å². The van der Waals surface area contributed by atoms with Gasteiger partial charge in [-0.2, -0.15) is 0 Å². The third-order valence-corrected chi connectivity index (χ3v) is 5.62. The monoisotopic (exact) mass is 387 g/mol. The molecule has 0 unspecified atom stereocenters. The van der Waals surface area contributed by atoms with Gasteiger partial charge in [-0.3, -0.25) is 25.2 Å². The maximum Gasteiger partial charge on any atom is 0.279 e. The summed E-state index contributed by atoms with van der Waals surface area (Å²) in [6.45, 7) is 1.85. The van der Waals surface area contributed by atoms with E-state index in [1.165, 1.54) is 27.8 Å². The zero-order chi connectivity index (χ0) is 19.4. The Hall–Kier alpha value is -2.87. The van der Waals surface area contributed by atoms with Gasteiger partial charge in [0, 0.05) is 4.88 Å². The first kappa shape index (κ1) is 18.9. The van der Waals surface area contributed by atoms with Crippen LogP contribution < -0.4 is 21.3 Å². The smallest absolute Gasteiger partial charge is 0.279 e. The summed E-state index contributed by atoms with van der Waals surface area (Å²) in [6, 6.07) is 8.27. The average Bonchev–Trinajstić information content (AvgIpc) is 3.07. The zero-order valence-corrected chi connectivity index (χ0v) is 15.7. The number of para-hydroxylation sites is 1. The van der Waals surface area contributed by atoms with E-state index in [0.717, 1.165) is 19.3 Å². The number of rotatable bonds is 5. The van der Waals surface area contributed by atoms with Crippen molar-refractivity contribution in [1.82, 2.24) is 10.9 Å². The highest BCUT2D eigenvalue weighted by Gasteiger charge is 2.21. The van der Waals surface area contributed by atoms with Crippen LogP contribution >= 0.6 is 11.3 Å². The van der Waals surface area contributed by atoms with Crippen LogP contribution in [0.3, 0.4) is 0 Å². The van der Waals surface area contributed by atoms with Gasteiger partial charge >= 0.3 is 0 Å². The predicted molar refractivity (Wildman–Crippen MR) is 102 cm³/mol. The Balaban J connectivity index is 1.51. The van der Waals surface area contributed by atoms with E-state index in [0.29, 0.717) is 10.8 Å². The number of carbonyl (C=O) groups is 3. The molecule has 7 nitrogen and oxygen atoms in total. The first-order valence-corrected chi connectivity index (χ1v) is 9.48. The summed E-state index contributed by atoms with van der Waals surface area (Å²) >= 11 is 1.47. The summed E-state index contributed by atoms with van der Waals surface area (Å²) in [5.41, 5.74) is 11.4. The second kappa shape index (κ2) is 8.22. The molecule has 0 saturated carbocycles. The molecule has 1 aliphatic carbocycles. The third-order valence-electron chi connectivity index (χ3n) is 4.38. The maximum atomic E-state index is 12.2. The number of benzene rings is 1. The Morgan fingerprint density at radius 2 is 2.04 bits per heavy atom. The molecule has 1 heterocycles. The molecule has 1 aromatic carbocycles. The molecule has 0 bridgehead atoms. The number of amides is 3. The normalized spacial score (nSPS) is 15.5. The number of hydrazine groups is 1. The summed E-state index contributed by atoms with van der Waals surface area (Å²) in [5.74, 6) is -0.699. The summed E-state index contributed by atoms with van der Waals surface area (Å²) in [5, 5.41) is 0. The van der Waals surface area contributed by atoms with Gasteiger partial charge in [0.15, 0.2) is 6.61 Å². The molecule has 0 aliphatic heterocycles. The van der Waals surface area contributed by atoms with E-state index in [4.69, 9.17) is 10.5 Å². The molecule has 2 aromatic rings. The number of hydrogen-bond donors (Lipinski definition) is 3. The number of hydrogen-bond acceptors (Lipinski definition) is 5. The van der Waals surface area contributed by atoms with E-state index >= 15 is 0 Å². The molecule has 142 valence electrons. The fourth-order valence-corrected chi connectivity index (χ4v) is 4.08. The molecule has 3 amide bonds. The molecule has 1 atom stereocenters. The molecule has 0 radical (unpaired) electrons. The van der Waals surface area contributed by atoms with E-state index in [1.54, 1.807) is 18.2 Å². The van der Waals surface area contributed by atoms with Crippen LogP contribution in [0, 0.1) is 5.92 Å². The lowest BCUT2D eigenvalue weighted by Crippen LogP contribution is -2.43. The fraction of sp³-hybridized carbons (Fsp3) is 0.316. The number of nitrogens with one attached hydrogen (secondary N) is 2. The lowest BCUT2D eigenvalue weighted by molar-refractivity contribution is -0.123. The van der Waals surface area contributed by atoms with Gasteiger partial charge in [0.2, 0.25) is 0 Å². The van der Waals surface area contributed by atoms with Gasteiger partial charge in [-0.15, -0.1) is 11.3 Å². The topological polar surface area (TPSA) is 111 Å². The highest BCUT2D eigenvalue weighted by Crippen LogP contribution is 2.32. The van der Waals surface area contributed by atoms with E-state index < -0.39 is 11.8 Å². The SMILES string of the molecule is C[C@H]1CCc2sc(C(=O)NNC(=O)COc3ccccc3C(N)=O)cc2C1. The van der Waals surface area contributed by atoms with Gasteiger partial charge in [-0.05, 0) is 48.9 Å². The van der Waals surface area contributed by atoms with E-state index in [-0.39, 0.29) is 23.8 Å². The second-order valence-electron chi connectivity index (χ2n) is 6.56. The van der Waals surface area contributed by atoms with Crippen LogP contribution in [0.15, 0.2) is 30.3 Å². The number of primary amides is 1. The van der Waals surface area contributed by atoms with Crippen molar-refractivity contribution in [2.45, 2.75) is 26.2 Å². The minimum atomic E-state index is -0.643. The molecule has 0 spiro atoms. The van der Waals surface area contributed by atoms with Gasteiger partial charge in [0.05, 0.1) is 10.4 Å². The number of carbonyl (C=O) groups excluding carboxylic acids is 3. The van der Waals surface area contributed by atoms with Crippen LogP contribution in [0.1, 0.15) is 43.8 Å². The number of thiophene rings is 1. The van der Waals surface area contributed by atoms with Gasteiger partial charge < -0.3 is 10.5 Å². The highest BCUT2D eigenvalue weighted by molar-refractivity contribution is 7.14. The van der Waals surface area contributed by atoms with Crippen LogP contribution in [0.4, 0.5) is 0 Å². The second-order valence-corrected chi connectivity index (χ2v) is 7.70. The molecule has 0 fully saturated rings. The molecule has 8 heteroatoms. The molecule has 0 saturated heterocycles. The third kappa shape index (κ3) is 4.65.